The number of hydrogen-bond donors (Lipinski definition) is 0. The highest BCUT2D eigenvalue weighted by molar-refractivity contribution is 5.88. The molecule has 42 heavy (non-hydrogen) atoms. The predicted molar refractivity (Wildman–Crippen MR) is 157 cm³/mol. The van der Waals surface area contributed by atoms with Gasteiger partial charge in [-0.25, -0.2) is 0 Å². The van der Waals surface area contributed by atoms with E-state index in [1.165, 1.54) is 18.4 Å². The molecular weight excluding hydrogens is 532 g/mol. The van der Waals surface area contributed by atoms with Crippen LogP contribution in [0.3, 0.4) is 0 Å². The summed E-state index contributed by atoms with van der Waals surface area (Å²) < 4.78 is 22.4. The SMILES string of the molecule is O=C(/C=C\[C@@H]1[C@@H](CCc2ccc3c(c2)OCO3)[C@H](C(=O)N2CCCCC2)[C@H]1c1ccc2c(c1)OCO2)N1CCCCC1. The maximum Gasteiger partial charge on any atom is 0.246 e. The number of carbonyl (C=O) groups is 2. The minimum absolute atomic E-state index is 0.0268. The number of benzene rings is 2. The van der Waals surface area contributed by atoms with Gasteiger partial charge in [0.05, 0.1) is 0 Å². The topological polar surface area (TPSA) is 77.5 Å². The molecule has 2 amide bonds. The van der Waals surface area contributed by atoms with E-state index in [0.717, 1.165) is 93.3 Å². The van der Waals surface area contributed by atoms with E-state index in [9.17, 15) is 9.59 Å². The van der Waals surface area contributed by atoms with Gasteiger partial charge in [-0.3, -0.25) is 9.59 Å². The van der Waals surface area contributed by atoms with Gasteiger partial charge >= 0.3 is 0 Å². The van der Waals surface area contributed by atoms with E-state index < -0.39 is 0 Å². The normalized spacial score (nSPS) is 26.4. The summed E-state index contributed by atoms with van der Waals surface area (Å²) in [6.07, 6.45) is 12.2. The van der Waals surface area contributed by atoms with Crippen LogP contribution in [0.5, 0.6) is 23.0 Å². The molecule has 0 radical (unpaired) electrons. The van der Waals surface area contributed by atoms with Crippen molar-refractivity contribution in [2.45, 2.75) is 57.3 Å². The maximum absolute atomic E-state index is 14.2. The molecule has 0 unspecified atom stereocenters. The molecule has 4 aliphatic heterocycles. The fraction of sp³-hybridized carbons (Fsp3) is 0.529. The molecule has 7 rings (SSSR count). The molecule has 4 heterocycles. The van der Waals surface area contributed by atoms with Gasteiger partial charge in [0.1, 0.15) is 0 Å². The standard InChI is InChI=1S/C34H40N2O6/c37-31(35-15-3-1-4-16-35)14-11-25-26(10-7-23-8-12-27-29(19-23)41-21-39-27)33(34(38)36-17-5-2-6-18-36)32(25)24-9-13-28-30(20-24)42-22-40-28/h8-9,11-14,19-20,25-26,32-33H,1-7,10,15-18,21-22H2/b14-11-/t25-,26-,32+,33+/m1/s1. The van der Waals surface area contributed by atoms with Crippen LogP contribution in [0.2, 0.25) is 0 Å². The molecule has 0 N–H and O–H groups in total. The third-order valence-electron chi connectivity index (χ3n) is 9.82. The molecule has 8 heteroatoms. The summed E-state index contributed by atoms with van der Waals surface area (Å²) in [4.78, 5) is 31.5. The fourth-order valence-corrected chi connectivity index (χ4v) is 7.56. The van der Waals surface area contributed by atoms with Gasteiger partial charge in [-0.05, 0) is 105 Å². The van der Waals surface area contributed by atoms with Crippen LogP contribution in [-0.2, 0) is 16.0 Å². The second-order valence-corrected chi connectivity index (χ2v) is 12.3. The van der Waals surface area contributed by atoms with Gasteiger partial charge in [-0.1, -0.05) is 18.2 Å². The Balaban J connectivity index is 1.19. The van der Waals surface area contributed by atoms with E-state index in [4.69, 9.17) is 18.9 Å². The third kappa shape index (κ3) is 5.32. The van der Waals surface area contributed by atoms with E-state index in [-0.39, 0.29) is 49.1 Å². The first-order valence-electron chi connectivity index (χ1n) is 15.7. The Morgan fingerprint density at radius 3 is 2.07 bits per heavy atom. The molecule has 0 spiro atoms. The second-order valence-electron chi connectivity index (χ2n) is 12.3. The minimum atomic E-state index is -0.155. The van der Waals surface area contributed by atoms with Crippen molar-refractivity contribution in [3.8, 4) is 23.0 Å². The lowest BCUT2D eigenvalue weighted by Gasteiger charge is -2.52. The van der Waals surface area contributed by atoms with Crippen molar-refractivity contribution < 1.29 is 28.5 Å². The third-order valence-corrected chi connectivity index (χ3v) is 9.82. The Bertz CT molecular complexity index is 1350. The van der Waals surface area contributed by atoms with E-state index in [0.29, 0.717) is 0 Å². The van der Waals surface area contributed by atoms with E-state index >= 15 is 0 Å². The number of ether oxygens (including phenoxy) is 4. The molecule has 5 aliphatic rings. The number of carbonyl (C=O) groups excluding carboxylic acids is 2. The first-order chi connectivity index (χ1) is 20.7. The summed E-state index contributed by atoms with van der Waals surface area (Å²) in [5.74, 6) is 3.36. The summed E-state index contributed by atoms with van der Waals surface area (Å²) in [5.41, 5.74) is 2.25. The maximum atomic E-state index is 14.2. The van der Waals surface area contributed by atoms with E-state index in [1.54, 1.807) is 6.08 Å². The smallest absolute Gasteiger partial charge is 0.246 e. The van der Waals surface area contributed by atoms with Crippen LogP contribution >= 0.6 is 0 Å². The minimum Gasteiger partial charge on any atom is -0.454 e. The Labute approximate surface area is 247 Å². The van der Waals surface area contributed by atoms with Gasteiger partial charge in [-0.15, -0.1) is 0 Å². The molecule has 2 saturated heterocycles. The molecule has 2 aromatic rings. The van der Waals surface area contributed by atoms with Crippen LogP contribution in [-0.4, -0.2) is 61.4 Å². The van der Waals surface area contributed by atoms with Crippen LogP contribution in [0, 0.1) is 17.8 Å². The highest BCUT2D eigenvalue weighted by Crippen LogP contribution is 2.57. The zero-order valence-electron chi connectivity index (χ0n) is 24.2. The fourth-order valence-electron chi connectivity index (χ4n) is 7.56. The Kier molecular flexibility index (Phi) is 7.70. The number of rotatable bonds is 7. The summed E-state index contributed by atoms with van der Waals surface area (Å²) in [5, 5.41) is 0. The zero-order valence-corrected chi connectivity index (χ0v) is 24.2. The van der Waals surface area contributed by atoms with Gasteiger partial charge in [0, 0.05) is 38.0 Å². The van der Waals surface area contributed by atoms with Crippen molar-refractivity contribution in [1.29, 1.82) is 0 Å². The van der Waals surface area contributed by atoms with Gasteiger partial charge < -0.3 is 28.7 Å². The predicted octanol–water partition coefficient (Wildman–Crippen LogP) is 5.30. The van der Waals surface area contributed by atoms with Crippen LogP contribution < -0.4 is 18.9 Å². The highest BCUT2D eigenvalue weighted by Gasteiger charge is 2.54. The van der Waals surface area contributed by atoms with Crippen LogP contribution in [0.25, 0.3) is 0 Å². The molecular formula is C34H40N2O6. The van der Waals surface area contributed by atoms with Crippen molar-refractivity contribution in [3.05, 3.63) is 59.7 Å². The Morgan fingerprint density at radius 1 is 0.738 bits per heavy atom. The van der Waals surface area contributed by atoms with Crippen LogP contribution in [0.15, 0.2) is 48.6 Å². The number of nitrogens with zero attached hydrogens (tertiary/aromatic N) is 2. The molecule has 8 nitrogen and oxygen atoms in total. The van der Waals surface area contributed by atoms with E-state index in [2.05, 4.69) is 29.2 Å². The Morgan fingerprint density at radius 2 is 1.36 bits per heavy atom. The lowest BCUT2D eigenvalue weighted by Crippen LogP contribution is -2.54. The summed E-state index contributed by atoms with van der Waals surface area (Å²) in [6, 6.07) is 12.2. The number of allylic oxidation sites excluding steroid dienone is 1. The number of likely N-dealkylation sites (tertiary alicyclic amines) is 2. The first kappa shape index (κ1) is 27.2. The molecule has 1 aliphatic carbocycles. The molecule has 0 bridgehead atoms. The van der Waals surface area contributed by atoms with Gasteiger partial charge in [0.25, 0.3) is 0 Å². The highest BCUT2D eigenvalue weighted by atomic mass is 16.7. The zero-order chi connectivity index (χ0) is 28.5. The van der Waals surface area contributed by atoms with Gasteiger partial charge in [-0.2, -0.15) is 0 Å². The second kappa shape index (κ2) is 11.9. The van der Waals surface area contributed by atoms with Crippen molar-refractivity contribution in [3.63, 3.8) is 0 Å². The van der Waals surface area contributed by atoms with E-state index in [1.807, 2.05) is 23.1 Å². The van der Waals surface area contributed by atoms with Crippen molar-refractivity contribution in [2.24, 2.45) is 17.8 Å². The number of fused-ring (bicyclic) bond motifs is 2. The monoisotopic (exact) mass is 572 g/mol. The average molecular weight is 573 g/mol. The van der Waals surface area contributed by atoms with Crippen molar-refractivity contribution in [2.75, 3.05) is 39.8 Å². The average Bonchev–Trinajstić information content (AvgIpc) is 3.70. The summed E-state index contributed by atoms with van der Waals surface area (Å²) in [6.45, 7) is 3.76. The molecule has 1 saturated carbocycles. The van der Waals surface area contributed by atoms with Crippen molar-refractivity contribution in [1.82, 2.24) is 9.80 Å². The van der Waals surface area contributed by atoms with Gasteiger partial charge in [0.2, 0.25) is 25.4 Å². The number of piperidine rings is 2. The summed E-state index contributed by atoms with van der Waals surface area (Å²) in [7, 11) is 0. The first-order valence-corrected chi connectivity index (χ1v) is 15.7. The Hall–Kier alpha value is -3.68. The quantitative estimate of drug-likeness (QED) is 0.419. The number of aryl methyl sites for hydroxylation is 1. The molecule has 0 aromatic heterocycles. The molecule has 3 fully saturated rings. The van der Waals surface area contributed by atoms with Gasteiger partial charge in [0.15, 0.2) is 23.0 Å². The van der Waals surface area contributed by atoms with Crippen molar-refractivity contribution >= 4 is 11.8 Å². The lowest BCUT2D eigenvalue weighted by atomic mass is 9.52. The van der Waals surface area contributed by atoms with Crippen LogP contribution in [0.1, 0.15) is 62.0 Å². The molecule has 222 valence electrons. The summed E-state index contributed by atoms with van der Waals surface area (Å²) >= 11 is 0. The largest absolute Gasteiger partial charge is 0.454 e. The molecule has 4 atom stereocenters. The molecule has 2 aromatic carbocycles. The number of amides is 2. The lowest BCUT2D eigenvalue weighted by molar-refractivity contribution is -0.146. The number of hydrogen-bond acceptors (Lipinski definition) is 6. The van der Waals surface area contributed by atoms with Crippen LogP contribution in [0.4, 0.5) is 0 Å².